The quantitative estimate of drug-likeness (QED) is 0.827. The summed E-state index contributed by atoms with van der Waals surface area (Å²) in [4.78, 5) is 21.2. The molecular formula is C19H22FN3O2S. The Morgan fingerprint density at radius 3 is 2.73 bits per heavy atom. The number of carbonyl (C=O) groups is 1. The third kappa shape index (κ3) is 3.33. The summed E-state index contributed by atoms with van der Waals surface area (Å²) in [7, 11) is 2.03. The first kappa shape index (κ1) is 17.4. The number of likely N-dealkylation sites (N-methyl/N-ethyl adjacent to an activating group) is 1. The highest BCUT2D eigenvalue weighted by molar-refractivity contribution is 7.11. The van der Waals surface area contributed by atoms with Crippen molar-refractivity contribution < 1.29 is 13.9 Å². The van der Waals surface area contributed by atoms with Crippen LogP contribution >= 0.6 is 11.3 Å². The Hall–Kier alpha value is -1.99. The van der Waals surface area contributed by atoms with Crippen LogP contribution in [0, 0.1) is 5.82 Å². The number of carbonyl (C=O) groups excluding carboxylic acids is 1. The van der Waals surface area contributed by atoms with Gasteiger partial charge in [0.2, 0.25) is 0 Å². The number of nitrogens with zero attached hydrogens (tertiary/aromatic N) is 3. The number of aromatic nitrogens is 1. The average Bonchev–Trinajstić information content (AvgIpc) is 3.33. The topological polar surface area (TPSA) is 45.7 Å². The van der Waals surface area contributed by atoms with Gasteiger partial charge in [-0.25, -0.2) is 4.39 Å². The summed E-state index contributed by atoms with van der Waals surface area (Å²) in [6, 6.07) is 6.85. The Morgan fingerprint density at radius 2 is 2.08 bits per heavy atom. The number of benzene rings is 1. The lowest BCUT2D eigenvalue weighted by Crippen LogP contribution is -2.46. The van der Waals surface area contributed by atoms with Crippen LogP contribution in [0.5, 0.6) is 0 Å². The van der Waals surface area contributed by atoms with Gasteiger partial charge in [0.15, 0.2) is 0 Å². The van der Waals surface area contributed by atoms with Crippen molar-refractivity contribution in [2.75, 3.05) is 31.6 Å². The van der Waals surface area contributed by atoms with E-state index in [-0.39, 0.29) is 23.4 Å². The normalized spacial score (nSPS) is 21.9. The summed E-state index contributed by atoms with van der Waals surface area (Å²) >= 11 is 1.38. The van der Waals surface area contributed by atoms with Crippen LogP contribution in [0.3, 0.4) is 0 Å². The van der Waals surface area contributed by atoms with E-state index in [1.807, 2.05) is 11.9 Å². The predicted molar refractivity (Wildman–Crippen MR) is 99.1 cm³/mol. The van der Waals surface area contributed by atoms with Gasteiger partial charge in [-0.2, -0.15) is 0 Å². The number of rotatable bonds is 3. The zero-order chi connectivity index (χ0) is 18.1. The van der Waals surface area contributed by atoms with E-state index in [1.54, 1.807) is 23.8 Å². The van der Waals surface area contributed by atoms with E-state index in [2.05, 4.69) is 9.88 Å². The number of hydrogen-bond acceptors (Lipinski definition) is 5. The summed E-state index contributed by atoms with van der Waals surface area (Å²) in [5.41, 5.74) is 2.53. The molecule has 3 heterocycles. The summed E-state index contributed by atoms with van der Waals surface area (Å²) < 4.78 is 19.4. The Balaban J connectivity index is 1.36. The van der Waals surface area contributed by atoms with Crippen molar-refractivity contribution in [2.45, 2.75) is 30.9 Å². The number of thiazole rings is 1. The predicted octanol–water partition coefficient (Wildman–Crippen LogP) is 3.18. The molecule has 1 aromatic carbocycles. The fraction of sp³-hybridized carbons (Fsp3) is 0.474. The van der Waals surface area contributed by atoms with Crippen molar-refractivity contribution in [3.05, 3.63) is 46.7 Å². The van der Waals surface area contributed by atoms with Gasteiger partial charge in [-0.15, -0.1) is 11.3 Å². The monoisotopic (exact) mass is 375 g/mol. The molecule has 1 aromatic heterocycles. The number of amides is 1. The minimum Gasteiger partial charge on any atom is -0.373 e. The van der Waals surface area contributed by atoms with Crippen LogP contribution in [0.2, 0.25) is 0 Å². The Kier molecular flexibility index (Phi) is 4.67. The van der Waals surface area contributed by atoms with Crippen molar-refractivity contribution in [3.8, 4) is 0 Å². The van der Waals surface area contributed by atoms with Gasteiger partial charge < -0.3 is 14.5 Å². The molecule has 138 valence electrons. The van der Waals surface area contributed by atoms with E-state index in [0.717, 1.165) is 24.9 Å². The Bertz CT molecular complexity index is 758. The van der Waals surface area contributed by atoms with Crippen LogP contribution in [0.25, 0.3) is 0 Å². The van der Waals surface area contributed by atoms with E-state index in [4.69, 9.17) is 4.74 Å². The number of likely N-dealkylation sites (tertiary alicyclic amines) is 1. The Morgan fingerprint density at radius 1 is 1.35 bits per heavy atom. The van der Waals surface area contributed by atoms with Crippen molar-refractivity contribution in [2.24, 2.45) is 0 Å². The van der Waals surface area contributed by atoms with Gasteiger partial charge in [0.1, 0.15) is 10.7 Å². The second-order valence-electron chi connectivity index (χ2n) is 7.10. The first-order valence-corrected chi connectivity index (χ1v) is 9.74. The lowest BCUT2D eigenvalue weighted by atomic mass is 9.87. The molecule has 0 radical (unpaired) electrons. The number of piperidine rings is 1. The molecule has 2 fully saturated rings. The average molecular weight is 375 g/mol. The van der Waals surface area contributed by atoms with Crippen molar-refractivity contribution in [3.63, 3.8) is 0 Å². The smallest absolute Gasteiger partial charge is 0.265 e. The molecular weight excluding hydrogens is 353 g/mol. The zero-order valence-corrected chi connectivity index (χ0v) is 15.5. The Labute approximate surface area is 156 Å². The first-order valence-electron chi connectivity index (χ1n) is 8.86. The van der Waals surface area contributed by atoms with E-state index in [1.165, 1.54) is 23.5 Å². The second kappa shape index (κ2) is 6.96. The van der Waals surface area contributed by atoms with Crippen LogP contribution in [-0.4, -0.2) is 54.2 Å². The highest BCUT2D eigenvalue weighted by Gasteiger charge is 2.44. The molecule has 2 aromatic rings. The number of hydrogen-bond donors (Lipinski definition) is 0. The summed E-state index contributed by atoms with van der Waals surface area (Å²) in [6.07, 6.45) is 4.27. The molecule has 2 aliphatic heterocycles. The lowest BCUT2D eigenvalue weighted by molar-refractivity contribution is -0.0387. The fourth-order valence-electron chi connectivity index (χ4n) is 3.90. The number of anilines is 1. The molecule has 0 N–H and O–H groups in total. The van der Waals surface area contributed by atoms with Crippen LogP contribution in [0.4, 0.5) is 10.1 Å². The van der Waals surface area contributed by atoms with Crippen molar-refractivity contribution >= 4 is 22.9 Å². The first-order chi connectivity index (χ1) is 12.6. The van der Waals surface area contributed by atoms with E-state index >= 15 is 0 Å². The van der Waals surface area contributed by atoms with Gasteiger partial charge in [0, 0.05) is 25.8 Å². The molecule has 7 heteroatoms. The molecule has 2 saturated heterocycles. The minimum absolute atomic E-state index is 0.0697. The van der Waals surface area contributed by atoms with Crippen LogP contribution in [0.15, 0.2) is 36.0 Å². The standard InChI is InChI=1S/C19H22FN3O2S/c1-22(15-4-2-14(20)3-5-15)16-10-19(25-12-16)6-8-23(9-7-19)18(24)17-11-21-13-26-17/h2-5,11,13,16H,6-10,12H2,1H3/t16-/m1/s1. The lowest BCUT2D eigenvalue weighted by Gasteiger charge is -2.38. The number of halogens is 1. The third-order valence-electron chi connectivity index (χ3n) is 5.58. The molecule has 0 unspecified atom stereocenters. The van der Waals surface area contributed by atoms with E-state index < -0.39 is 0 Å². The molecule has 1 spiro atoms. The minimum atomic E-state index is -0.223. The molecule has 1 amide bonds. The maximum atomic E-state index is 13.1. The molecule has 1 atom stereocenters. The fourth-order valence-corrected chi connectivity index (χ4v) is 4.49. The summed E-state index contributed by atoms with van der Waals surface area (Å²) in [6.45, 7) is 2.09. The van der Waals surface area contributed by atoms with Crippen molar-refractivity contribution in [1.29, 1.82) is 0 Å². The van der Waals surface area contributed by atoms with Gasteiger partial charge in [-0.05, 0) is 43.5 Å². The molecule has 0 aliphatic carbocycles. The van der Waals surface area contributed by atoms with E-state index in [9.17, 15) is 9.18 Å². The molecule has 5 nitrogen and oxygen atoms in total. The maximum Gasteiger partial charge on any atom is 0.265 e. The van der Waals surface area contributed by atoms with Gasteiger partial charge in [-0.1, -0.05) is 0 Å². The van der Waals surface area contributed by atoms with E-state index in [0.29, 0.717) is 24.6 Å². The molecule has 0 saturated carbocycles. The highest BCUT2D eigenvalue weighted by atomic mass is 32.1. The van der Waals surface area contributed by atoms with Crippen LogP contribution in [-0.2, 0) is 4.74 Å². The van der Waals surface area contributed by atoms with Gasteiger partial charge in [0.05, 0.1) is 30.0 Å². The summed E-state index contributed by atoms with van der Waals surface area (Å²) in [5, 5.41) is 0. The molecule has 26 heavy (non-hydrogen) atoms. The molecule has 4 rings (SSSR count). The maximum absolute atomic E-state index is 13.1. The van der Waals surface area contributed by atoms with Gasteiger partial charge in [-0.3, -0.25) is 9.78 Å². The second-order valence-corrected chi connectivity index (χ2v) is 7.98. The van der Waals surface area contributed by atoms with Gasteiger partial charge >= 0.3 is 0 Å². The molecule has 0 bridgehead atoms. The summed E-state index contributed by atoms with van der Waals surface area (Å²) in [5.74, 6) is -0.153. The van der Waals surface area contributed by atoms with Gasteiger partial charge in [0.25, 0.3) is 5.91 Å². The molecule has 2 aliphatic rings. The largest absolute Gasteiger partial charge is 0.373 e. The third-order valence-corrected chi connectivity index (χ3v) is 6.34. The van der Waals surface area contributed by atoms with Crippen molar-refractivity contribution in [1.82, 2.24) is 9.88 Å². The highest BCUT2D eigenvalue weighted by Crippen LogP contribution is 2.38. The van der Waals surface area contributed by atoms with Crippen LogP contribution < -0.4 is 4.90 Å². The zero-order valence-electron chi connectivity index (χ0n) is 14.7. The SMILES string of the molecule is CN(c1ccc(F)cc1)[C@H]1COC2(CCN(C(=O)c3cncs3)CC2)C1. The number of ether oxygens (including phenoxy) is 1. The van der Waals surface area contributed by atoms with Crippen LogP contribution in [0.1, 0.15) is 28.9 Å².